The summed E-state index contributed by atoms with van der Waals surface area (Å²) >= 11 is 6.44. The molecule has 11 nitrogen and oxygen atoms in total. The van der Waals surface area contributed by atoms with Gasteiger partial charge in [-0.05, 0) is 119 Å². The average molecular weight is 727 g/mol. The Morgan fingerprint density at radius 3 is 2.72 bits per heavy atom. The molecule has 2 aliphatic carbocycles. The lowest BCUT2D eigenvalue weighted by Gasteiger charge is -2.46. The molecule has 5 aliphatic rings. The molecular weight excluding hydrogens is 680 g/mol. The van der Waals surface area contributed by atoms with E-state index < -0.39 is 33.7 Å². The molecule has 2 aromatic rings. The van der Waals surface area contributed by atoms with Crippen LogP contribution in [0, 0.1) is 11.8 Å². The standard InChI is InChI=1S/C37H47ClN4O7S/c1-36(2)34(43)40-50(45,46)28-10-13-33-31(19-28)42(22-37(23-47-33)15-4-6-24-18-26(38)9-12-30(24)37)20-25-8-11-29(25)32(7-5-17-48-36)49-35(44)39-27-14-16-41(3)21-27/h5,7,9-10,12-13,18-19,25,27,29,32H,4,6,8,11,14-17,20-23H2,1-3H3,(H,39,44)(H,40,43)/b7-5+/t25-,27-,29+,32-,37-/m0/s1. The molecular formula is C37H47ClN4O7S. The third kappa shape index (κ3) is 7.09. The highest BCUT2D eigenvalue weighted by atomic mass is 35.5. The summed E-state index contributed by atoms with van der Waals surface area (Å²) in [5.74, 6) is -0.0234. The first kappa shape index (κ1) is 35.1. The Bertz CT molecular complexity index is 1780. The van der Waals surface area contributed by atoms with Gasteiger partial charge in [0.05, 0.1) is 23.8 Å². The maximum absolute atomic E-state index is 13.6. The Balaban J connectivity index is 1.25. The minimum absolute atomic E-state index is 0.0281. The van der Waals surface area contributed by atoms with Gasteiger partial charge in [-0.3, -0.25) is 4.79 Å². The molecule has 3 aliphatic heterocycles. The van der Waals surface area contributed by atoms with E-state index in [0.29, 0.717) is 36.2 Å². The molecule has 2 bridgehead atoms. The molecule has 270 valence electrons. The van der Waals surface area contributed by atoms with Gasteiger partial charge in [-0.1, -0.05) is 23.7 Å². The molecule has 0 aromatic heterocycles. The summed E-state index contributed by atoms with van der Waals surface area (Å²) in [6, 6.07) is 10.9. The van der Waals surface area contributed by atoms with Crippen LogP contribution >= 0.6 is 11.6 Å². The van der Waals surface area contributed by atoms with Crippen LogP contribution in [0.25, 0.3) is 0 Å². The fraction of sp³-hybridized carbons (Fsp3) is 0.568. The molecule has 2 aromatic carbocycles. The number of hydrogen-bond acceptors (Lipinski definition) is 9. The first-order valence-corrected chi connectivity index (χ1v) is 19.5. The van der Waals surface area contributed by atoms with Gasteiger partial charge in [-0.2, -0.15) is 0 Å². The number of sulfonamides is 1. The molecule has 2 fully saturated rings. The summed E-state index contributed by atoms with van der Waals surface area (Å²) in [7, 11) is -2.20. The normalized spacial score (nSPS) is 31.2. The van der Waals surface area contributed by atoms with Crippen LogP contribution in [0.5, 0.6) is 5.75 Å². The van der Waals surface area contributed by atoms with Gasteiger partial charge in [-0.15, -0.1) is 0 Å². The number of ether oxygens (including phenoxy) is 3. The van der Waals surface area contributed by atoms with Crippen molar-refractivity contribution in [3.63, 3.8) is 0 Å². The van der Waals surface area contributed by atoms with Gasteiger partial charge < -0.3 is 29.3 Å². The van der Waals surface area contributed by atoms with Crippen LogP contribution in [0.2, 0.25) is 5.02 Å². The molecule has 7 rings (SSSR count). The van der Waals surface area contributed by atoms with E-state index in [-0.39, 0.29) is 34.8 Å². The number of amides is 2. The van der Waals surface area contributed by atoms with Gasteiger partial charge >= 0.3 is 6.09 Å². The second-order valence-electron chi connectivity index (χ2n) is 15.2. The Kier molecular flexibility index (Phi) is 9.59. The number of nitrogens with one attached hydrogen (secondary N) is 2. The molecule has 0 radical (unpaired) electrons. The number of nitrogens with zero attached hydrogens (tertiary/aromatic N) is 2. The maximum Gasteiger partial charge on any atom is 0.407 e. The van der Waals surface area contributed by atoms with Gasteiger partial charge in [0.25, 0.3) is 15.9 Å². The summed E-state index contributed by atoms with van der Waals surface area (Å²) in [6.45, 7) is 6.41. The van der Waals surface area contributed by atoms with E-state index in [9.17, 15) is 18.0 Å². The fourth-order valence-corrected chi connectivity index (χ4v) is 9.58. The number of benzene rings is 2. The van der Waals surface area contributed by atoms with E-state index in [4.69, 9.17) is 25.8 Å². The zero-order chi connectivity index (χ0) is 35.3. The summed E-state index contributed by atoms with van der Waals surface area (Å²) in [5.41, 5.74) is 1.26. The van der Waals surface area contributed by atoms with Crippen LogP contribution in [0.1, 0.15) is 57.1 Å². The van der Waals surface area contributed by atoms with Crippen molar-refractivity contribution in [2.45, 2.75) is 80.4 Å². The second-order valence-corrected chi connectivity index (χ2v) is 17.3. The first-order chi connectivity index (χ1) is 23.8. The topological polar surface area (TPSA) is 127 Å². The van der Waals surface area contributed by atoms with Gasteiger partial charge in [0.15, 0.2) is 0 Å². The van der Waals surface area contributed by atoms with E-state index in [1.54, 1.807) is 18.2 Å². The van der Waals surface area contributed by atoms with Crippen molar-refractivity contribution >= 4 is 39.3 Å². The molecule has 50 heavy (non-hydrogen) atoms. The number of likely N-dealkylation sites (N-methyl/N-ethyl adjacent to an activating group) is 1. The number of anilines is 1. The predicted molar refractivity (Wildman–Crippen MR) is 190 cm³/mol. The minimum Gasteiger partial charge on any atom is -0.490 e. The molecule has 3 heterocycles. The summed E-state index contributed by atoms with van der Waals surface area (Å²) in [5, 5.41) is 3.75. The highest BCUT2D eigenvalue weighted by molar-refractivity contribution is 7.90. The number of fused-ring (bicyclic) bond motifs is 4. The van der Waals surface area contributed by atoms with Crippen molar-refractivity contribution in [3.05, 3.63) is 64.7 Å². The highest BCUT2D eigenvalue weighted by Crippen LogP contribution is 2.47. The van der Waals surface area contributed by atoms with E-state index in [1.807, 2.05) is 25.3 Å². The molecule has 2 N–H and O–H groups in total. The van der Waals surface area contributed by atoms with Crippen LogP contribution < -0.4 is 19.7 Å². The monoisotopic (exact) mass is 726 g/mol. The Hall–Kier alpha value is -3.32. The molecule has 1 saturated carbocycles. The number of carbonyl (C=O) groups is 2. The number of likely N-dealkylation sites (tertiary alicyclic amines) is 1. The maximum atomic E-state index is 13.6. The number of aryl methyl sites for hydroxylation is 1. The SMILES string of the molecule is CN1CC[C@H](NC(=O)O[C@H]2/C=C/COC(C)(C)C(=O)NS(=O)(=O)c3ccc4c(c3)N(C[C@@H]3CC[C@H]32)C[C@@]2(CCCc3cc(Cl)ccc32)CO4)C1. The second kappa shape index (κ2) is 13.7. The van der Waals surface area contributed by atoms with Crippen molar-refractivity contribution in [2.24, 2.45) is 11.8 Å². The minimum atomic E-state index is -4.24. The Morgan fingerprint density at radius 1 is 1.12 bits per heavy atom. The summed E-state index contributed by atoms with van der Waals surface area (Å²) in [4.78, 5) is 30.9. The van der Waals surface area contributed by atoms with Crippen molar-refractivity contribution in [2.75, 3.05) is 51.3 Å². The third-order valence-electron chi connectivity index (χ3n) is 11.3. The molecule has 2 amide bonds. The zero-order valence-electron chi connectivity index (χ0n) is 29.0. The van der Waals surface area contributed by atoms with E-state index in [1.165, 1.54) is 31.0 Å². The first-order valence-electron chi connectivity index (χ1n) is 17.7. The molecule has 5 atom stereocenters. The van der Waals surface area contributed by atoms with Gasteiger partial charge in [-0.25, -0.2) is 17.9 Å². The van der Waals surface area contributed by atoms with Gasteiger partial charge in [0, 0.05) is 42.0 Å². The molecule has 1 saturated heterocycles. The van der Waals surface area contributed by atoms with E-state index in [0.717, 1.165) is 51.6 Å². The summed E-state index contributed by atoms with van der Waals surface area (Å²) < 4.78 is 48.1. The largest absolute Gasteiger partial charge is 0.490 e. The number of hydrogen-bond donors (Lipinski definition) is 2. The van der Waals surface area contributed by atoms with E-state index >= 15 is 0 Å². The van der Waals surface area contributed by atoms with Crippen molar-refractivity contribution in [3.8, 4) is 5.75 Å². The van der Waals surface area contributed by atoms with Crippen molar-refractivity contribution < 1.29 is 32.2 Å². The quantitative estimate of drug-likeness (QED) is 0.420. The molecule has 0 unspecified atom stereocenters. The summed E-state index contributed by atoms with van der Waals surface area (Å²) in [6.07, 6.45) is 8.13. The van der Waals surface area contributed by atoms with Gasteiger partial charge in [0.1, 0.15) is 17.5 Å². The van der Waals surface area contributed by atoms with Crippen LogP contribution in [-0.2, 0) is 36.1 Å². The number of rotatable bonds is 2. The smallest absolute Gasteiger partial charge is 0.407 e. The van der Waals surface area contributed by atoms with Crippen LogP contribution in [0.4, 0.5) is 10.5 Å². The lowest BCUT2D eigenvalue weighted by Crippen LogP contribution is -2.50. The fourth-order valence-electron chi connectivity index (χ4n) is 8.26. The van der Waals surface area contributed by atoms with Gasteiger partial charge in [0.2, 0.25) is 0 Å². The Morgan fingerprint density at radius 2 is 1.96 bits per heavy atom. The number of carbonyl (C=O) groups excluding carboxylic acids is 2. The lowest BCUT2D eigenvalue weighted by molar-refractivity contribution is -0.139. The van der Waals surface area contributed by atoms with Crippen LogP contribution in [-0.4, -0.2) is 89.5 Å². The van der Waals surface area contributed by atoms with Crippen LogP contribution in [0.15, 0.2) is 53.4 Å². The van der Waals surface area contributed by atoms with Crippen molar-refractivity contribution in [1.29, 1.82) is 0 Å². The Labute approximate surface area is 299 Å². The predicted octanol–water partition coefficient (Wildman–Crippen LogP) is 4.81. The highest BCUT2D eigenvalue weighted by Gasteiger charge is 2.45. The van der Waals surface area contributed by atoms with Crippen LogP contribution in [0.3, 0.4) is 0 Å². The third-order valence-corrected chi connectivity index (χ3v) is 12.8. The average Bonchev–Trinajstić information content (AvgIpc) is 3.39. The van der Waals surface area contributed by atoms with E-state index in [2.05, 4.69) is 25.9 Å². The number of halogens is 1. The zero-order valence-corrected chi connectivity index (χ0v) is 30.5. The molecule has 13 heteroatoms. The number of alkyl carbamates (subject to hydrolysis) is 1. The molecule has 1 spiro atoms. The van der Waals surface area contributed by atoms with Crippen molar-refractivity contribution in [1.82, 2.24) is 14.9 Å². The lowest BCUT2D eigenvalue weighted by atomic mass is 9.68.